The van der Waals surface area contributed by atoms with Gasteiger partial charge in [0.25, 0.3) is 5.91 Å². The Morgan fingerprint density at radius 3 is 2.41 bits per heavy atom. The van der Waals surface area contributed by atoms with Crippen molar-refractivity contribution in [1.29, 1.82) is 0 Å². The van der Waals surface area contributed by atoms with Crippen molar-refractivity contribution in [2.75, 3.05) is 25.0 Å². The van der Waals surface area contributed by atoms with Gasteiger partial charge in [-0.15, -0.1) is 0 Å². The highest BCUT2D eigenvalue weighted by Crippen LogP contribution is 2.33. The van der Waals surface area contributed by atoms with Gasteiger partial charge in [-0.05, 0) is 31.5 Å². The Morgan fingerprint density at radius 1 is 1.12 bits per heavy atom. The summed E-state index contributed by atoms with van der Waals surface area (Å²) in [6.45, 7) is 2.67. The highest BCUT2D eigenvalue weighted by Gasteiger charge is 2.52. The molecular formula is C21H27Cl2N5O4. The van der Waals surface area contributed by atoms with E-state index in [1.807, 2.05) is 6.92 Å². The second kappa shape index (κ2) is 10.5. The minimum Gasteiger partial charge on any atom is -0.322 e. The Hall–Kier alpha value is -2.36. The Bertz CT molecular complexity index is 884. The fraction of sp³-hybridized carbons (Fsp3) is 0.524. The van der Waals surface area contributed by atoms with Gasteiger partial charge in [-0.2, -0.15) is 5.01 Å². The summed E-state index contributed by atoms with van der Waals surface area (Å²) in [5, 5.41) is 6.88. The summed E-state index contributed by atoms with van der Waals surface area (Å²) in [4.78, 5) is 51.5. The van der Waals surface area contributed by atoms with Crippen LogP contribution in [0.4, 0.5) is 10.5 Å². The molecule has 1 heterocycles. The molecule has 0 bridgehead atoms. The van der Waals surface area contributed by atoms with E-state index in [1.165, 1.54) is 0 Å². The fourth-order valence-corrected chi connectivity index (χ4v) is 4.50. The summed E-state index contributed by atoms with van der Waals surface area (Å²) >= 11 is 12.1. The summed E-state index contributed by atoms with van der Waals surface area (Å²) in [6, 6.07) is 4.32. The lowest BCUT2D eigenvalue weighted by atomic mass is 9.82. The van der Waals surface area contributed by atoms with Crippen LogP contribution in [0.5, 0.6) is 0 Å². The summed E-state index contributed by atoms with van der Waals surface area (Å²) < 4.78 is 0. The van der Waals surface area contributed by atoms with Gasteiger partial charge in [0.15, 0.2) is 0 Å². The van der Waals surface area contributed by atoms with E-state index in [0.717, 1.165) is 24.3 Å². The molecule has 0 radical (unpaired) electrons. The van der Waals surface area contributed by atoms with Crippen LogP contribution < -0.4 is 16.1 Å². The van der Waals surface area contributed by atoms with Crippen LogP contribution >= 0.6 is 23.2 Å². The quantitative estimate of drug-likeness (QED) is 0.492. The van der Waals surface area contributed by atoms with Gasteiger partial charge in [-0.3, -0.25) is 24.7 Å². The maximum absolute atomic E-state index is 12.7. The first-order valence-electron chi connectivity index (χ1n) is 10.7. The molecule has 3 rings (SSSR count). The average Bonchev–Trinajstić information content (AvgIpc) is 2.98. The number of benzene rings is 1. The minimum absolute atomic E-state index is 0.0119. The van der Waals surface area contributed by atoms with E-state index in [4.69, 9.17) is 23.2 Å². The molecular weight excluding hydrogens is 457 g/mol. The number of nitrogens with zero attached hydrogens (tertiary/aromatic N) is 2. The van der Waals surface area contributed by atoms with E-state index in [2.05, 4.69) is 16.1 Å². The van der Waals surface area contributed by atoms with E-state index < -0.39 is 23.4 Å². The molecule has 1 saturated heterocycles. The molecule has 9 nitrogen and oxygen atoms in total. The normalized spacial score (nSPS) is 17.6. The lowest BCUT2D eigenvalue weighted by Gasteiger charge is -2.30. The summed E-state index contributed by atoms with van der Waals surface area (Å²) in [6.07, 6.45) is 3.93. The van der Waals surface area contributed by atoms with Crippen molar-refractivity contribution >= 4 is 52.6 Å². The molecule has 0 unspecified atom stereocenters. The molecule has 3 N–H and O–H groups in total. The first-order chi connectivity index (χ1) is 15.3. The largest absolute Gasteiger partial charge is 0.344 e. The van der Waals surface area contributed by atoms with Crippen molar-refractivity contribution < 1.29 is 19.2 Å². The Kier molecular flexibility index (Phi) is 7.97. The van der Waals surface area contributed by atoms with Gasteiger partial charge >= 0.3 is 6.03 Å². The first-order valence-corrected chi connectivity index (χ1v) is 11.4. The van der Waals surface area contributed by atoms with E-state index in [-0.39, 0.29) is 25.4 Å². The van der Waals surface area contributed by atoms with Crippen LogP contribution in [0.2, 0.25) is 10.0 Å². The number of likely N-dealkylation sites (N-methyl/N-ethyl adjacent to an activating group) is 1. The summed E-state index contributed by atoms with van der Waals surface area (Å²) in [5.41, 5.74) is 1.85. The SMILES string of the molecule is CCN(CCC(=O)NN1C(=O)NC2(CCCCC2)C1=O)CC(=O)Nc1c(Cl)cccc1Cl. The Morgan fingerprint density at radius 2 is 1.78 bits per heavy atom. The maximum Gasteiger partial charge on any atom is 0.344 e. The predicted molar refractivity (Wildman–Crippen MR) is 121 cm³/mol. The van der Waals surface area contributed by atoms with Crippen LogP contribution in [0.1, 0.15) is 45.4 Å². The topological polar surface area (TPSA) is 111 Å². The predicted octanol–water partition coefficient (Wildman–Crippen LogP) is 2.93. The van der Waals surface area contributed by atoms with Gasteiger partial charge in [-0.1, -0.05) is 55.5 Å². The molecule has 1 spiro atoms. The number of hydrogen-bond acceptors (Lipinski definition) is 5. The second-order valence-electron chi connectivity index (χ2n) is 8.01. The van der Waals surface area contributed by atoms with E-state index in [9.17, 15) is 19.2 Å². The molecule has 0 atom stereocenters. The number of hydrogen-bond donors (Lipinski definition) is 3. The number of para-hydroxylation sites is 1. The maximum atomic E-state index is 12.7. The third kappa shape index (κ3) is 5.51. The molecule has 0 aromatic heterocycles. The lowest BCUT2D eigenvalue weighted by Crippen LogP contribution is -2.51. The number of rotatable bonds is 8. The number of amides is 5. The van der Waals surface area contributed by atoms with Crippen LogP contribution in [0.15, 0.2) is 18.2 Å². The number of carbonyl (C=O) groups is 4. The fourth-order valence-electron chi connectivity index (χ4n) is 4.00. The van der Waals surface area contributed by atoms with Crippen LogP contribution in [0.3, 0.4) is 0 Å². The average molecular weight is 484 g/mol. The summed E-state index contributed by atoms with van der Waals surface area (Å²) in [7, 11) is 0. The minimum atomic E-state index is -0.893. The monoisotopic (exact) mass is 483 g/mol. The Labute approximate surface area is 196 Å². The number of imide groups is 1. The highest BCUT2D eigenvalue weighted by atomic mass is 35.5. The zero-order chi connectivity index (χ0) is 23.3. The molecule has 11 heteroatoms. The van der Waals surface area contributed by atoms with E-state index >= 15 is 0 Å². The third-order valence-electron chi connectivity index (χ3n) is 5.80. The lowest BCUT2D eigenvalue weighted by molar-refractivity contribution is -0.140. The number of hydrazine groups is 1. The third-order valence-corrected chi connectivity index (χ3v) is 6.43. The van der Waals surface area contributed by atoms with Gasteiger partial charge < -0.3 is 10.6 Å². The van der Waals surface area contributed by atoms with E-state index in [0.29, 0.717) is 35.1 Å². The smallest absolute Gasteiger partial charge is 0.322 e. The van der Waals surface area contributed by atoms with Crippen molar-refractivity contribution in [1.82, 2.24) is 20.7 Å². The van der Waals surface area contributed by atoms with Gasteiger partial charge in [-0.25, -0.2) is 4.79 Å². The molecule has 2 fully saturated rings. The van der Waals surface area contributed by atoms with Crippen molar-refractivity contribution in [3.63, 3.8) is 0 Å². The number of carbonyl (C=O) groups excluding carboxylic acids is 4. The molecule has 1 aromatic rings. The van der Waals surface area contributed by atoms with Crippen LogP contribution in [0.25, 0.3) is 0 Å². The molecule has 1 aromatic carbocycles. The van der Waals surface area contributed by atoms with Crippen molar-refractivity contribution in [2.45, 2.75) is 51.0 Å². The van der Waals surface area contributed by atoms with Crippen LogP contribution in [0, 0.1) is 0 Å². The first kappa shape index (κ1) is 24.3. The molecule has 1 saturated carbocycles. The standard InChI is InChI=1S/C21H27Cl2N5O4/c1-2-27(13-17(30)24-18-14(22)7-6-8-15(18)23)12-9-16(29)26-28-19(31)21(25-20(28)32)10-4-3-5-11-21/h6-8H,2-5,9-13H2,1H3,(H,24,30)(H,25,32)(H,26,29). The number of urea groups is 1. The van der Waals surface area contributed by atoms with Crippen molar-refractivity contribution in [3.8, 4) is 0 Å². The number of anilines is 1. The summed E-state index contributed by atoms with van der Waals surface area (Å²) in [5.74, 6) is -1.20. The molecule has 174 valence electrons. The Balaban J connectivity index is 1.49. The van der Waals surface area contributed by atoms with E-state index in [1.54, 1.807) is 23.1 Å². The second-order valence-corrected chi connectivity index (χ2v) is 8.83. The van der Waals surface area contributed by atoms with Gasteiger partial charge in [0.2, 0.25) is 11.8 Å². The zero-order valence-corrected chi connectivity index (χ0v) is 19.4. The van der Waals surface area contributed by atoms with Gasteiger partial charge in [0.05, 0.1) is 22.3 Å². The molecule has 1 aliphatic heterocycles. The van der Waals surface area contributed by atoms with Crippen LogP contribution in [-0.4, -0.2) is 58.8 Å². The van der Waals surface area contributed by atoms with Crippen LogP contribution in [-0.2, 0) is 14.4 Å². The highest BCUT2D eigenvalue weighted by molar-refractivity contribution is 6.39. The molecule has 2 aliphatic rings. The number of nitrogens with one attached hydrogen (secondary N) is 3. The van der Waals surface area contributed by atoms with Gasteiger partial charge in [0.1, 0.15) is 5.54 Å². The van der Waals surface area contributed by atoms with Gasteiger partial charge in [0, 0.05) is 13.0 Å². The molecule has 1 aliphatic carbocycles. The molecule has 5 amide bonds. The zero-order valence-electron chi connectivity index (χ0n) is 17.9. The van der Waals surface area contributed by atoms with Crippen molar-refractivity contribution in [2.24, 2.45) is 0 Å². The van der Waals surface area contributed by atoms with Crippen molar-refractivity contribution in [3.05, 3.63) is 28.2 Å². The number of halogens is 2. The molecule has 32 heavy (non-hydrogen) atoms.